The first kappa shape index (κ1) is 16.7. The monoisotopic (exact) mass is 387 g/mol. The van der Waals surface area contributed by atoms with Gasteiger partial charge in [-0.25, -0.2) is 5.43 Å². The zero-order valence-corrected chi connectivity index (χ0v) is 14.1. The normalized spacial score (nSPS) is 12.4. The summed E-state index contributed by atoms with van der Waals surface area (Å²) < 4.78 is 15.2. The molecule has 0 bridgehead atoms. The number of hydrogen-bond acceptors (Lipinski definition) is 10. The minimum atomic E-state index is -0.745. The molecular formula is C15H9N5O6S. The SMILES string of the molecule is O=C(NN=Cc1cc2c(cc1[N+](=O)[O-])OCO2)c1nc(-c2cccs2)no1. The van der Waals surface area contributed by atoms with Gasteiger partial charge in [-0.1, -0.05) is 11.2 Å². The highest BCUT2D eigenvalue weighted by molar-refractivity contribution is 7.13. The number of rotatable bonds is 5. The molecular weight excluding hydrogens is 378 g/mol. The van der Waals surface area contributed by atoms with Crippen molar-refractivity contribution >= 4 is 29.1 Å². The van der Waals surface area contributed by atoms with Gasteiger partial charge in [-0.2, -0.15) is 10.1 Å². The van der Waals surface area contributed by atoms with Gasteiger partial charge in [0.15, 0.2) is 11.5 Å². The van der Waals surface area contributed by atoms with Crippen molar-refractivity contribution < 1.29 is 23.7 Å². The zero-order chi connectivity index (χ0) is 18.8. The molecule has 0 unspecified atom stereocenters. The van der Waals surface area contributed by atoms with E-state index in [1.54, 1.807) is 6.07 Å². The maximum Gasteiger partial charge on any atom is 0.329 e. The van der Waals surface area contributed by atoms with E-state index in [-0.39, 0.29) is 35.5 Å². The number of ether oxygens (including phenoxy) is 2. The first-order valence-electron chi connectivity index (χ1n) is 7.41. The molecule has 1 N–H and O–H groups in total. The molecule has 1 aromatic carbocycles. The number of aromatic nitrogens is 2. The van der Waals surface area contributed by atoms with Crippen molar-refractivity contribution in [3.63, 3.8) is 0 Å². The van der Waals surface area contributed by atoms with Gasteiger partial charge in [0.1, 0.15) is 0 Å². The highest BCUT2D eigenvalue weighted by atomic mass is 32.1. The molecule has 0 radical (unpaired) electrons. The Morgan fingerprint density at radius 2 is 2.19 bits per heavy atom. The van der Waals surface area contributed by atoms with Gasteiger partial charge in [0, 0.05) is 0 Å². The Kier molecular flexibility index (Phi) is 4.22. The van der Waals surface area contributed by atoms with Crippen LogP contribution in [-0.2, 0) is 0 Å². The summed E-state index contributed by atoms with van der Waals surface area (Å²) in [5.74, 6) is -0.119. The van der Waals surface area contributed by atoms with E-state index in [1.807, 2.05) is 11.4 Å². The maximum absolute atomic E-state index is 12.0. The van der Waals surface area contributed by atoms with Gasteiger partial charge >= 0.3 is 11.8 Å². The highest BCUT2D eigenvalue weighted by Crippen LogP contribution is 2.37. The lowest BCUT2D eigenvalue weighted by molar-refractivity contribution is -0.385. The van der Waals surface area contributed by atoms with Crippen LogP contribution in [0.15, 0.2) is 39.3 Å². The van der Waals surface area contributed by atoms with E-state index in [2.05, 4.69) is 20.7 Å². The molecule has 1 aliphatic rings. The van der Waals surface area contributed by atoms with Crippen molar-refractivity contribution in [1.29, 1.82) is 0 Å². The van der Waals surface area contributed by atoms with Crippen LogP contribution in [0.4, 0.5) is 5.69 Å². The molecule has 0 fully saturated rings. The van der Waals surface area contributed by atoms with Crippen molar-refractivity contribution in [3.8, 4) is 22.2 Å². The molecule has 0 aliphatic carbocycles. The molecule has 0 spiro atoms. The Balaban J connectivity index is 1.49. The number of benzene rings is 1. The van der Waals surface area contributed by atoms with Gasteiger partial charge in [-0.15, -0.1) is 11.3 Å². The minimum absolute atomic E-state index is 0.0203. The third-order valence-electron chi connectivity index (χ3n) is 3.45. The summed E-state index contributed by atoms with van der Waals surface area (Å²) in [6.45, 7) is -0.0203. The number of thiophene rings is 1. The summed E-state index contributed by atoms with van der Waals surface area (Å²) in [6.07, 6.45) is 1.12. The Morgan fingerprint density at radius 3 is 2.93 bits per heavy atom. The molecule has 3 aromatic rings. The van der Waals surface area contributed by atoms with Crippen molar-refractivity contribution in [3.05, 3.63) is 51.2 Å². The lowest BCUT2D eigenvalue weighted by atomic mass is 10.1. The largest absolute Gasteiger partial charge is 0.454 e. The lowest BCUT2D eigenvalue weighted by Crippen LogP contribution is -2.18. The summed E-state index contributed by atoms with van der Waals surface area (Å²) in [5, 5.41) is 20.4. The molecule has 0 saturated heterocycles. The number of nitro groups is 1. The molecule has 4 rings (SSSR count). The van der Waals surface area contributed by atoms with E-state index in [0.29, 0.717) is 5.75 Å². The maximum atomic E-state index is 12.0. The predicted molar refractivity (Wildman–Crippen MR) is 91.9 cm³/mol. The highest BCUT2D eigenvalue weighted by Gasteiger charge is 2.22. The van der Waals surface area contributed by atoms with E-state index >= 15 is 0 Å². The molecule has 1 aliphatic heterocycles. The fourth-order valence-corrected chi connectivity index (χ4v) is 2.89. The predicted octanol–water partition coefficient (Wildman–Crippen LogP) is 2.20. The van der Waals surface area contributed by atoms with Gasteiger partial charge < -0.3 is 14.0 Å². The van der Waals surface area contributed by atoms with Crippen molar-refractivity contribution in [2.24, 2.45) is 5.10 Å². The molecule has 12 heteroatoms. The number of fused-ring (bicyclic) bond motifs is 1. The standard InChI is InChI=1S/C15H9N5O6S/c21-14(15-17-13(19-26-15)12-2-1-3-27-12)18-16-6-8-4-10-11(25-7-24-10)5-9(8)20(22)23/h1-6H,7H2,(H,18,21). The zero-order valence-electron chi connectivity index (χ0n) is 13.3. The summed E-state index contributed by atoms with van der Waals surface area (Å²) in [7, 11) is 0. The van der Waals surface area contributed by atoms with Crippen molar-refractivity contribution in [2.75, 3.05) is 6.79 Å². The van der Waals surface area contributed by atoms with Crippen molar-refractivity contribution in [1.82, 2.24) is 15.6 Å². The van der Waals surface area contributed by atoms with E-state index in [1.165, 1.54) is 23.5 Å². The van der Waals surface area contributed by atoms with Crippen LogP contribution in [0.2, 0.25) is 0 Å². The average Bonchev–Trinajstić information content (AvgIpc) is 3.39. The van der Waals surface area contributed by atoms with Gasteiger partial charge in [0.05, 0.1) is 27.6 Å². The van der Waals surface area contributed by atoms with Crippen molar-refractivity contribution in [2.45, 2.75) is 0 Å². The molecule has 3 heterocycles. The Hall–Kier alpha value is -3.80. The second-order valence-electron chi connectivity index (χ2n) is 5.12. The molecule has 2 aromatic heterocycles. The van der Waals surface area contributed by atoms with Gasteiger partial charge in [-0.05, 0) is 17.5 Å². The van der Waals surface area contributed by atoms with Crippen LogP contribution in [0.25, 0.3) is 10.7 Å². The smallest absolute Gasteiger partial charge is 0.329 e. The second kappa shape index (κ2) is 6.84. The number of nitrogens with zero attached hydrogens (tertiary/aromatic N) is 4. The fourth-order valence-electron chi connectivity index (χ4n) is 2.24. The minimum Gasteiger partial charge on any atom is -0.454 e. The van der Waals surface area contributed by atoms with E-state index in [4.69, 9.17) is 14.0 Å². The van der Waals surface area contributed by atoms with Crippen LogP contribution in [0.1, 0.15) is 16.2 Å². The second-order valence-corrected chi connectivity index (χ2v) is 6.07. The van der Waals surface area contributed by atoms with Gasteiger partial charge in [-0.3, -0.25) is 14.9 Å². The first-order valence-corrected chi connectivity index (χ1v) is 8.29. The van der Waals surface area contributed by atoms with Crippen LogP contribution in [-0.4, -0.2) is 34.0 Å². The number of hydrazone groups is 1. The number of carbonyl (C=O) groups is 1. The van der Waals surface area contributed by atoms with Crippen LogP contribution in [0.3, 0.4) is 0 Å². The Morgan fingerprint density at radius 1 is 1.37 bits per heavy atom. The quantitative estimate of drug-likeness (QED) is 0.399. The summed E-state index contributed by atoms with van der Waals surface area (Å²) in [6, 6.07) is 6.24. The number of hydrogen-bond donors (Lipinski definition) is 1. The lowest BCUT2D eigenvalue weighted by Gasteiger charge is -2.00. The number of carbonyl (C=O) groups excluding carboxylic acids is 1. The molecule has 0 saturated carbocycles. The number of nitrogens with one attached hydrogen (secondary N) is 1. The third kappa shape index (κ3) is 3.32. The molecule has 1 amide bonds. The van der Waals surface area contributed by atoms with Gasteiger partial charge in [0.2, 0.25) is 12.6 Å². The van der Waals surface area contributed by atoms with Crippen LogP contribution in [0.5, 0.6) is 11.5 Å². The van der Waals surface area contributed by atoms with Crippen LogP contribution >= 0.6 is 11.3 Å². The van der Waals surface area contributed by atoms with E-state index < -0.39 is 10.8 Å². The summed E-state index contributed by atoms with van der Waals surface area (Å²) in [5.41, 5.74) is 2.08. The molecule has 27 heavy (non-hydrogen) atoms. The topological polar surface area (TPSA) is 142 Å². The summed E-state index contributed by atoms with van der Waals surface area (Å²) in [4.78, 5) is 27.3. The van der Waals surface area contributed by atoms with Crippen LogP contribution < -0.4 is 14.9 Å². The average molecular weight is 387 g/mol. The molecule has 136 valence electrons. The Labute approximate surface area is 154 Å². The Bertz CT molecular complexity index is 1050. The first-order chi connectivity index (χ1) is 13.1. The molecule has 11 nitrogen and oxygen atoms in total. The fraction of sp³-hybridized carbons (Fsp3) is 0.0667. The van der Waals surface area contributed by atoms with Crippen LogP contribution in [0, 0.1) is 10.1 Å². The number of amides is 1. The third-order valence-corrected chi connectivity index (χ3v) is 4.32. The molecule has 0 atom stereocenters. The number of nitro benzene ring substituents is 1. The summed E-state index contributed by atoms with van der Waals surface area (Å²) >= 11 is 1.40. The van der Waals surface area contributed by atoms with E-state index in [0.717, 1.165) is 11.1 Å². The van der Waals surface area contributed by atoms with Gasteiger partial charge in [0.25, 0.3) is 5.69 Å². The van der Waals surface area contributed by atoms with E-state index in [9.17, 15) is 14.9 Å².